The lowest BCUT2D eigenvalue weighted by atomic mass is 10.2. The van der Waals surface area contributed by atoms with Gasteiger partial charge in [-0.2, -0.15) is 0 Å². The van der Waals surface area contributed by atoms with Crippen LogP contribution in [0.15, 0.2) is 67.3 Å². The van der Waals surface area contributed by atoms with Gasteiger partial charge >= 0.3 is 0 Å². The van der Waals surface area contributed by atoms with Crippen LogP contribution in [0.3, 0.4) is 0 Å². The van der Waals surface area contributed by atoms with E-state index < -0.39 is 0 Å². The zero-order chi connectivity index (χ0) is 19.1. The van der Waals surface area contributed by atoms with Gasteiger partial charge in [0.05, 0.1) is 12.4 Å². The second kappa shape index (κ2) is 8.89. The second-order valence-corrected chi connectivity index (χ2v) is 6.43. The van der Waals surface area contributed by atoms with Crippen LogP contribution in [-0.4, -0.2) is 46.4 Å². The Kier molecular flexibility index (Phi) is 6.10. The predicted molar refractivity (Wildman–Crippen MR) is 105 cm³/mol. The molecule has 1 amide bonds. The van der Waals surface area contributed by atoms with Gasteiger partial charge in [0.15, 0.2) is 0 Å². The smallest absolute Gasteiger partial charge is 0.273 e. The monoisotopic (exact) mass is 361 g/mol. The molecule has 3 aromatic rings. The second-order valence-electron chi connectivity index (χ2n) is 6.43. The number of carbonyl (C=O) groups excluding carboxylic acids is 1. The highest BCUT2D eigenvalue weighted by molar-refractivity contribution is 5.91. The number of pyridine rings is 1. The fourth-order valence-corrected chi connectivity index (χ4v) is 2.71. The lowest BCUT2D eigenvalue weighted by Crippen LogP contribution is -2.30. The summed E-state index contributed by atoms with van der Waals surface area (Å²) < 4.78 is 0. The maximum atomic E-state index is 12.5. The van der Waals surface area contributed by atoms with Gasteiger partial charge in [0.25, 0.3) is 5.91 Å². The van der Waals surface area contributed by atoms with Crippen LogP contribution in [0, 0.1) is 0 Å². The van der Waals surface area contributed by atoms with Gasteiger partial charge in [0.1, 0.15) is 11.5 Å². The summed E-state index contributed by atoms with van der Waals surface area (Å²) in [5.74, 6) is 0.601. The van der Waals surface area contributed by atoms with Crippen LogP contribution >= 0.6 is 0 Å². The van der Waals surface area contributed by atoms with Crippen LogP contribution in [0.1, 0.15) is 21.6 Å². The molecule has 0 unspecified atom stereocenters. The lowest BCUT2D eigenvalue weighted by Gasteiger charge is -2.19. The van der Waals surface area contributed by atoms with Gasteiger partial charge < -0.3 is 9.80 Å². The molecule has 0 N–H and O–H groups in total. The van der Waals surface area contributed by atoms with Gasteiger partial charge in [-0.1, -0.05) is 30.3 Å². The summed E-state index contributed by atoms with van der Waals surface area (Å²) in [6, 6.07) is 14.1. The molecule has 0 aliphatic rings. The summed E-state index contributed by atoms with van der Waals surface area (Å²) in [7, 11) is 3.74. The molecule has 0 spiro atoms. The average Bonchev–Trinajstić information content (AvgIpc) is 2.73. The predicted octanol–water partition coefficient (Wildman–Crippen LogP) is 2.82. The molecular weight excluding hydrogens is 338 g/mol. The maximum absolute atomic E-state index is 12.5. The molecule has 2 aromatic heterocycles. The number of aromatic nitrogens is 3. The van der Waals surface area contributed by atoms with Crippen molar-refractivity contribution in [3.63, 3.8) is 0 Å². The van der Waals surface area contributed by atoms with Gasteiger partial charge in [0, 0.05) is 39.6 Å². The highest BCUT2D eigenvalue weighted by atomic mass is 16.2. The van der Waals surface area contributed by atoms with Crippen molar-refractivity contribution >= 4 is 11.7 Å². The Morgan fingerprint density at radius 3 is 2.33 bits per heavy atom. The van der Waals surface area contributed by atoms with Crippen molar-refractivity contribution < 1.29 is 4.79 Å². The van der Waals surface area contributed by atoms with E-state index in [1.807, 2.05) is 42.3 Å². The lowest BCUT2D eigenvalue weighted by molar-refractivity contribution is 0.0790. The van der Waals surface area contributed by atoms with E-state index in [-0.39, 0.29) is 5.91 Å². The minimum absolute atomic E-state index is 0.131. The molecule has 0 aliphatic heterocycles. The molecule has 0 saturated heterocycles. The third kappa shape index (κ3) is 5.10. The molecule has 1 aromatic carbocycles. The molecule has 0 radical (unpaired) electrons. The van der Waals surface area contributed by atoms with Gasteiger partial charge in [0.2, 0.25) is 0 Å². The van der Waals surface area contributed by atoms with Crippen LogP contribution in [0.2, 0.25) is 0 Å². The van der Waals surface area contributed by atoms with Crippen molar-refractivity contribution in [2.75, 3.05) is 25.5 Å². The van der Waals surface area contributed by atoms with Gasteiger partial charge in [-0.3, -0.25) is 9.78 Å². The minimum Gasteiger partial charge on any atom is -0.354 e. The van der Waals surface area contributed by atoms with Gasteiger partial charge in [-0.15, -0.1) is 0 Å². The van der Waals surface area contributed by atoms with Crippen LogP contribution < -0.4 is 4.90 Å². The Balaban J connectivity index is 1.57. The first kappa shape index (κ1) is 18.5. The number of nitrogens with zero attached hydrogens (tertiary/aromatic N) is 5. The topological polar surface area (TPSA) is 62.2 Å². The van der Waals surface area contributed by atoms with Crippen LogP contribution in [0.5, 0.6) is 0 Å². The normalized spacial score (nSPS) is 10.4. The van der Waals surface area contributed by atoms with Crippen LogP contribution in [0.25, 0.3) is 0 Å². The molecule has 6 heteroatoms. The molecule has 3 rings (SSSR count). The molecule has 0 aliphatic carbocycles. The molecule has 0 fully saturated rings. The van der Waals surface area contributed by atoms with E-state index in [0.717, 1.165) is 24.3 Å². The van der Waals surface area contributed by atoms with E-state index in [4.69, 9.17) is 0 Å². The summed E-state index contributed by atoms with van der Waals surface area (Å²) in [6.45, 7) is 1.34. The number of hydrogen-bond acceptors (Lipinski definition) is 5. The number of hydrogen-bond donors (Lipinski definition) is 0. The summed E-state index contributed by atoms with van der Waals surface area (Å²) in [5.41, 5.74) is 2.69. The van der Waals surface area contributed by atoms with Crippen LogP contribution in [-0.2, 0) is 13.0 Å². The quantitative estimate of drug-likeness (QED) is 0.648. The fourth-order valence-electron chi connectivity index (χ4n) is 2.71. The Labute approximate surface area is 159 Å². The van der Waals surface area contributed by atoms with E-state index in [2.05, 4.69) is 27.1 Å². The maximum Gasteiger partial charge on any atom is 0.273 e. The highest BCUT2D eigenvalue weighted by Gasteiger charge is 2.14. The third-order valence-electron chi connectivity index (χ3n) is 4.34. The van der Waals surface area contributed by atoms with Crippen molar-refractivity contribution in [2.45, 2.75) is 13.0 Å². The molecule has 0 saturated carbocycles. The number of rotatable bonds is 7. The van der Waals surface area contributed by atoms with Crippen molar-refractivity contribution in [1.82, 2.24) is 19.9 Å². The number of carbonyl (C=O) groups is 1. The average molecular weight is 361 g/mol. The number of anilines is 1. The largest absolute Gasteiger partial charge is 0.354 e. The van der Waals surface area contributed by atoms with E-state index in [1.54, 1.807) is 36.7 Å². The van der Waals surface area contributed by atoms with Crippen molar-refractivity contribution in [2.24, 2.45) is 0 Å². The first-order valence-corrected chi connectivity index (χ1v) is 8.85. The van der Waals surface area contributed by atoms with E-state index in [1.165, 1.54) is 5.56 Å². The first-order valence-electron chi connectivity index (χ1n) is 8.85. The van der Waals surface area contributed by atoms with Gasteiger partial charge in [-0.05, 0) is 29.7 Å². The molecule has 138 valence electrons. The zero-order valence-electron chi connectivity index (χ0n) is 15.6. The molecule has 0 atom stereocenters. The number of amides is 1. The molecule has 27 heavy (non-hydrogen) atoms. The Hall–Kier alpha value is -3.28. The Morgan fingerprint density at radius 2 is 1.67 bits per heavy atom. The van der Waals surface area contributed by atoms with Crippen LogP contribution in [0.4, 0.5) is 5.82 Å². The standard InChI is InChI=1S/C21H23N5O/c1-25(13-10-17-8-11-22-12-9-17)21(27)19-14-24-20(15-23-19)26(2)16-18-6-4-3-5-7-18/h3-9,11-12,14-15H,10,13,16H2,1-2H3. The minimum atomic E-state index is -0.131. The summed E-state index contributed by atoms with van der Waals surface area (Å²) in [4.78, 5) is 28.9. The summed E-state index contributed by atoms with van der Waals surface area (Å²) in [6.07, 6.45) is 7.48. The number of likely N-dealkylation sites (N-methyl/N-ethyl adjacent to an activating group) is 1. The Bertz CT molecular complexity index is 853. The fraction of sp³-hybridized carbons (Fsp3) is 0.238. The van der Waals surface area contributed by atoms with Crippen molar-refractivity contribution in [3.8, 4) is 0 Å². The molecular formula is C21H23N5O. The highest BCUT2D eigenvalue weighted by Crippen LogP contribution is 2.12. The van der Waals surface area contributed by atoms with E-state index in [9.17, 15) is 4.79 Å². The zero-order valence-corrected chi connectivity index (χ0v) is 15.6. The Morgan fingerprint density at radius 1 is 0.926 bits per heavy atom. The molecule has 6 nitrogen and oxygen atoms in total. The number of benzene rings is 1. The summed E-state index contributed by atoms with van der Waals surface area (Å²) in [5, 5.41) is 0. The van der Waals surface area contributed by atoms with E-state index in [0.29, 0.717) is 12.2 Å². The van der Waals surface area contributed by atoms with E-state index >= 15 is 0 Å². The SMILES string of the molecule is CN(CCc1ccncc1)C(=O)c1cnc(N(C)Cc2ccccc2)cn1. The molecule has 0 bridgehead atoms. The molecule has 2 heterocycles. The van der Waals surface area contributed by atoms with Crippen molar-refractivity contribution in [1.29, 1.82) is 0 Å². The van der Waals surface area contributed by atoms with Gasteiger partial charge in [-0.25, -0.2) is 9.97 Å². The summed E-state index contributed by atoms with van der Waals surface area (Å²) >= 11 is 0. The van der Waals surface area contributed by atoms with Crippen molar-refractivity contribution in [3.05, 3.63) is 84.1 Å². The third-order valence-corrected chi connectivity index (χ3v) is 4.34. The first-order chi connectivity index (χ1) is 13.1.